The summed E-state index contributed by atoms with van der Waals surface area (Å²) in [4.78, 5) is 0.0799. The third kappa shape index (κ3) is 3.51. The summed E-state index contributed by atoms with van der Waals surface area (Å²) < 4.78 is 44.3. The Balaban J connectivity index is 1.88. The third-order valence-electron chi connectivity index (χ3n) is 2.91. The maximum Gasteiger partial charge on any atom is 0.240 e. The van der Waals surface area contributed by atoms with E-state index in [4.69, 9.17) is 4.74 Å². The molecule has 1 aliphatic rings. The molecule has 0 radical (unpaired) electrons. The lowest BCUT2D eigenvalue weighted by atomic mass is 10.2. The second kappa shape index (κ2) is 5.77. The highest BCUT2D eigenvalue weighted by atomic mass is 32.2. The van der Waals surface area contributed by atoms with Gasteiger partial charge >= 0.3 is 0 Å². The molecule has 0 spiro atoms. The zero-order valence-corrected chi connectivity index (χ0v) is 10.7. The minimum Gasteiger partial charge on any atom is -0.378 e. The summed E-state index contributed by atoms with van der Waals surface area (Å²) in [5.74, 6) is -0.451. The number of hydrogen-bond acceptors (Lipinski definition) is 3. The topological polar surface area (TPSA) is 55.4 Å². The summed E-state index contributed by atoms with van der Waals surface area (Å²) in [5, 5.41) is 0. The fraction of sp³-hybridized carbons (Fsp3) is 0.500. The van der Waals surface area contributed by atoms with Gasteiger partial charge < -0.3 is 4.74 Å². The molecule has 1 aromatic carbocycles. The van der Waals surface area contributed by atoms with Crippen LogP contribution in [-0.2, 0) is 14.8 Å². The van der Waals surface area contributed by atoms with Gasteiger partial charge in [-0.05, 0) is 43.5 Å². The monoisotopic (exact) mass is 273 g/mol. The summed E-state index contributed by atoms with van der Waals surface area (Å²) in [5.41, 5.74) is 0. The SMILES string of the molecule is O=S(=O)(NCCC1CCCO1)c1ccc(F)cc1. The first-order valence-corrected chi connectivity index (χ1v) is 7.43. The lowest BCUT2D eigenvalue weighted by molar-refractivity contribution is 0.105. The molecule has 1 saturated heterocycles. The van der Waals surface area contributed by atoms with Crippen LogP contribution in [0, 0.1) is 5.82 Å². The maximum absolute atomic E-state index is 12.7. The van der Waals surface area contributed by atoms with Gasteiger partial charge in [-0.3, -0.25) is 0 Å². The summed E-state index contributed by atoms with van der Waals surface area (Å²) in [6.07, 6.45) is 2.84. The van der Waals surface area contributed by atoms with E-state index in [1.807, 2.05) is 0 Å². The molecule has 2 rings (SSSR count). The van der Waals surface area contributed by atoms with Gasteiger partial charge in [0, 0.05) is 13.2 Å². The van der Waals surface area contributed by atoms with Gasteiger partial charge in [-0.25, -0.2) is 17.5 Å². The smallest absolute Gasteiger partial charge is 0.240 e. The molecule has 1 aromatic rings. The van der Waals surface area contributed by atoms with Crippen molar-refractivity contribution in [1.82, 2.24) is 4.72 Å². The van der Waals surface area contributed by atoms with Gasteiger partial charge in [-0.1, -0.05) is 0 Å². The average molecular weight is 273 g/mol. The van der Waals surface area contributed by atoms with Gasteiger partial charge in [0.05, 0.1) is 11.0 Å². The molecule has 18 heavy (non-hydrogen) atoms. The van der Waals surface area contributed by atoms with Gasteiger partial charge in [0.2, 0.25) is 10.0 Å². The molecule has 0 bridgehead atoms. The molecule has 4 nitrogen and oxygen atoms in total. The average Bonchev–Trinajstić information content (AvgIpc) is 2.82. The highest BCUT2D eigenvalue weighted by Gasteiger charge is 2.17. The normalized spacial score (nSPS) is 20.2. The van der Waals surface area contributed by atoms with Gasteiger partial charge in [0.1, 0.15) is 5.82 Å². The first kappa shape index (κ1) is 13.5. The Bertz CT molecular complexity index is 481. The molecule has 1 N–H and O–H groups in total. The molecular formula is C12H16FNO3S. The third-order valence-corrected chi connectivity index (χ3v) is 4.38. The Labute approximate surface area is 106 Å². The molecule has 0 aromatic heterocycles. The van der Waals surface area contributed by atoms with E-state index in [0.29, 0.717) is 13.0 Å². The van der Waals surface area contributed by atoms with Crippen molar-refractivity contribution in [3.8, 4) is 0 Å². The van der Waals surface area contributed by atoms with Crippen molar-refractivity contribution >= 4 is 10.0 Å². The second-order valence-corrected chi connectivity index (χ2v) is 6.04. The first-order chi connectivity index (χ1) is 8.58. The van der Waals surface area contributed by atoms with Crippen LogP contribution in [0.3, 0.4) is 0 Å². The largest absolute Gasteiger partial charge is 0.378 e. The predicted molar refractivity (Wildman–Crippen MR) is 65.2 cm³/mol. The first-order valence-electron chi connectivity index (χ1n) is 5.95. The molecule has 0 amide bonds. The van der Waals surface area contributed by atoms with Gasteiger partial charge in [-0.2, -0.15) is 0 Å². The van der Waals surface area contributed by atoms with Crippen LogP contribution in [-0.4, -0.2) is 27.7 Å². The molecule has 6 heteroatoms. The fourth-order valence-electron chi connectivity index (χ4n) is 1.92. The van der Waals surface area contributed by atoms with Crippen molar-refractivity contribution in [3.63, 3.8) is 0 Å². The van der Waals surface area contributed by atoms with Crippen molar-refractivity contribution in [3.05, 3.63) is 30.1 Å². The molecule has 0 aliphatic carbocycles. The van der Waals surface area contributed by atoms with Crippen molar-refractivity contribution in [2.45, 2.75) is 30.3 Å². The second-order valence-electron chi connectivity index (χ2n) is 4.28. The Morgan fingerprint density at radius 2 is 2.06 bits per heavy atom. The summed E-state index contributed by atoms with van der Waals surface area (Å²) >= 11 is 0. The molecule has 1 aliphatic heterocycles. The van der Waals surface area contributed by atoms with Gasteiger partial charge in [0.25, 0.3) is 0 Å². The van der Waals surface area contributed by atoms with Crippen LogP contribution < -0.4 is 4.72 Å². The standard InChI is InChI=1S/C12H16FNO3S/c13-10-3-5-12(6-4-10)18(15,16)14-8-7-11-2-1-9-17-11/h3-6,11,14H,1-2,7-9H2. The zero-order chi connectivity index (χ0) is 13.0. The molecule has 1 unspecified atom stereocenters. The van der Waals surface area contributed by atoms with Crippen LogP contribution in [0.1, 0.15) is 19.3 Å². The Kier molecular flexibility index (Phi) is 4.31. The van der Waals surface area contributed by atoms with E-state index in [9.17, 15) is 12.8 Å². The van der Waals surface area contributed by atoms with Crippen LogP contribution in [0.15, 0.2) is 29.2 Å². The lowest BCUT2D eigenvalue weighted by Gasteiger charge is -2.10. The van der Waals surface area contributed by atoms with E-state index in [2.05, 4.69) is 4.72 Å². The number of benzene rings is 1. The molecule has 1 atom stereocenters. The van der Waals surface area contributed by atoms with Crippen molar-refractivity contribution in [2.24, 2.45) is 0 Å². The minimum atomic E-state index is -3.54. The van der Waals surface area contributed by atoms with Gasteiger partial charge in [-0.15, -0.1) is 0 Å². The van der Waals surface area contributed by atoms with E-state index < -0.39 is 15.8 Å². The lowest BCUT2D eigenvalue weighted by Crippen LogP contribution is -2.27. The highest BCUT2D eigenvalue weighted by molar-refractivity contribution is 7.89. The fourth-order valence-corrected chi connectivity index (χ4v) is 2.97. The number of hydrogen-bond donors (Lipinski definition) is 1. The van der Waals surface area contributed by atoms with E-state index >= 15 is 0 Å². The summed E-state index contributed by atoms with van der Waals surface area (Å²) in [7, 11) is -3.54. The van der Waals surface area contributed by atoms with Gasteiger partial charge in [0.15, 0.2) is 0 Å². The quantitative estimate of drug-likeness (QED) is 0.888. The molecule has 1 fully saturated rings. The molecule has 1 heterocycles. The summed E-state index contributed by atoms with van der Waals surface area (Å²) in [6.45, 7) is 1.10. The number of halogens is 1. The zero-order valence-electron chi connectivity index (χ0n) is 9.93. The van der Waals surface area contributed by atoms with E-state index in [1.165, 1.54) is 12.1 Å². The number of ether oxygens (including phenoxy) is 1. The molecule has 100 valence electrons. The Hall–Kier alpha value is -0.980. The van der Waals surface area contributed by atoms with E-state index in [0.717, 1.165) is 31.6 Å². The summed E-state index contributed by atoms with van der Waals surface area (Å²) in [6, 6.07) is 4.77. The van der Waals surface area contributed by atoms with Crippen LogP contribution in [0.25, 0.3) is 0 Å². The predicted octanol–water partition coefficient (Wildman–Crippen LogP) is 1.67. The minimum absolute atomic E-state index is 0.0799. The number of nitrogens with one attached hydrogen (secondary N) is 1. The van der Waals surface area contributed by atoms with Crippen LogP contribution in [0.2, 0.25) is 0 Å². The van der Waals surface area contributed by atoms with E-state index in [1.54, 1.807) is 0 Å². The van der Waals surface area contributed by atoms with Crippen molar-refractivity contribution in [1.29, 1.82) is 0 Å². The van der Waals surface area contributed by atoms with Crippen LogP contribution in [0.5, 0.6) is 0 Å². The maximum atomic E-state index is 12.7. The van der Waals surface area contributed by atoms with Crippen molar-refractivity contribution < 1.29 is 17.5 Å². The molecule has 0 saturated carbocycles. The Morgan fingerprint density at radius 3 is 2.67 bits per heavy atom. The van der Waals surface area contributed by atoms with E-state index in [-0.39, 0.29) is 11.0 Å². The number of sulfonamides is 1. The number of rotatable bonds is 5. The molecular weight excluding hydrogens is 257 g/mol. The Morgan fingerprint density at radius 1 is 1.33 bits per heavy atom. The van der Waals surface area contributed by atoms with Crippen molar-refractivity contribution in [2.75, 3.05) is 13.2 Å². The highest BCUT2D eigenvalue weighted by Crippen LogP contribution is 2.15. The van der Waals surface area contributed by atoms with Crippen LogP contribution in [0.4, 0.5) is 4.39 Å². The van der Waals surface area contributed by atoms with Crippen LogP contribution >= 0.6 is 0 Å².